The topological polar surface area (TPSA) is 108 Å². The summed E-state index contributed by atoms with van der Waals surface area (Å²) in [5, 5.41) is 7.26. The first kappa shape index (κ1) is 12.1. The zero-order chi connectivity index (χ0) is 13.0. The molecule has 6 heteroatoms. The number of aromatic nitrogens is 2. The molecule has 18 heavy (non-hydrogen) atoms. The summed E-state index contributed by atoms with van der Waals surface area (Å²) in [4.78, 5) is 11.2. The Bertz CT molecular complexity index is 551. The van der Waals surface area contributed by atoms with Crippen molar-refractivity contribution in [2.45, 2.75) is 12.8 Å². The molecule has 0 unspecified atom stereocenters. The molecule has 1 amide bonds. The molecule has 0 aliphatic rings. The Morgan fingerprint density at radius 2 is 2.11 bits per heavy atom. The number of carbonyl (C=O) groups excluding carboxylic acids is 1. The van der Waals surface area contributed by atoms with Crippen molar-refractivity contribution < 1.29 is 9.21 Å². The second kappa shape index (κ2) is 5.31. The summed E-state index contributed by atoms with van der Waals surface area (Å²) in [6.07, 6.45) is 3.09. The molecule has 0 saturated carbocycles. The van der Waals surface area contributed by atoms with Gasteiger partial charge in [-0.05, 0) is 24.5 Å². The van der Waals surface area contributed by atoms with Crippen molar-refractivity contribution in [1.29, 1.82) is 0 Å². The summed E-state index contributed by atoms with van der Waals surface area (Å²) in [6.45, 7) is 0. The van der Waals surface area contributed by atoms with Crippen molar-refractivity contribution in [1.82, 2.24) is 10.2 Å². The second-order valence-corrected chi connectivity index (χ2v) is 3.74. The lowest BCUT2D eigenvalue weighted by molar-refractivity contribution is 0.0999. The summed E-state index contributed by atoms with van der Waals surface area (Å²) in [5.74, 6) is -0.0447. The molecular weight excluding hydrogens is 232 g/mol. The number of carbonyl (C=O) groups is 1. The number of nitrogens with zero attached hydrogens (tertiary/aromatic N) is 2. The number of hydrogen-bond acceptors (Lipinski definition) is 5. The number of aryl methyl sites for hydroxylation is 1. The van der Waals surface area contributed by atoms with Gasteiger partial charge >= 0.3 is 6.01 Å². The zero-order valence-corrected chi connectivity index (χ0v) is 9.67. The van der Waals surface area contributed by atoms with E-state index in [-0.39, 0.29) is 6.01 Å². The molecule has 93 valence electrons. The van der Waals surface area contributed by atoms with Gasteiger partial charge in [0.2, 0.25) is 11.8 Å². The third-order valence-electron chi connectivity index (χ3n) is 2.47. The monoisotopic (exact) mass is 245 g/mol. The molecule has 2 aromatic rings. The molecule has 0 fully saturated rings. The number of rotatable bonds is 5. The van der Waals surface area contributed by atoms with E-state index in [1.165, 1.54) is 0 Å². The average Bonchev–Trinajstić information content (AvgIpc) is 2.75. The van der Waals surface area contributed by atoms with Crippen molar-refractivity contribution in [2.75, 3.05) is 5.73 Å². The maximum Gasteiger partial charge on any atom is 0.312 e. The fraction of sp³-hybridized carbons (Fsp3) is 0.167. The molecule has 0 saturated heterocycles. The van der Waals surface area contributed by atoms with Gasteiger partial charge in [0.25, 0.3) is 0 Å². The first-order valence-electron chi connectivity index (χ1n) is 5.46. The predicted molar refractivity (Wildman–Crippen MR) is 65.4 cm³/mol. The minimum absolute atomic E-state index is 0.0405. The number of primary amides is 1. The van der Waals surface area contributed by atoms with E-state index in [9.17, 15) is 4.79 Å². The zero-order valence-electron chi connectivity index (χ0n) is 9.67. The minimum atomic E-state index is -0.423. The van der Waals surface area contributed by atoms with Gasteiger partial charge in [-0.3, -0.25) is 4.79 Å². The van der Waals surface area contributed by atoms with Crippen LogP contribution in [-0.2, 0) is 6.42 Å². The van der Waals surface area contributed by atoms with Crippen LogP contribution in [0.15, 0.2) is 28.7 Å². The molecule has 1 aromatic heterocycles. The molecule has 0 atom stereocenters. The highest BCUT2D eigenvalue weighted by Gasteiger charge is 2.08. The molecule has 2 rings (SSSR count). The van der Waals surface area contributed by atoms with Gasteiger partial charge in [0.1, 0.15) is 0 Å². The van der Waals surface area contributed by atoms with E-state index in [1.807, 2.05) is 12.1 Å². The Hall–Kier alpha value is -2.37. The summed E-state index contributed by atoms with van der Waals surface area (Å²) in [6, 6.07) is 7.27. The number of nitrogens with two attached hydrogens (primary N) is 2. The van der Waals surface area contributed by atoms with E-state index in [1.54, 1.807) is 18.6 Å². The van der Waals surface area contributed by atoms with Crippen LogP contribution in [0.3, 0.4) is 0 Å². The molecule has 0 aliphatic carbocycles. The van der Waals surface area contributed by atoms with Gasteiger partial charge in [0, 0.05) is 12.0 Å². The highest BCUT2D eigenvalue weighted by atomic mass is 16.4. The maximum absolute atomic E-state index is 11.2. The predicted octanol–water partition coefficient (Wildman–Crippen LogP) is 0.936. The van der Waals surface area contributed by atoms with Gasteiger partial charge in [-0.15, -0.1) is 5.10 Å². The van der Waals surface area contributed by atoms with E-state index in [0.717, 1.165) is 5.56 Å². The SMILES string of the molecule is NC(=O)c1ccccc1CC[CH]c1nnc(N)o1. The number of amides is 1. The van der Waals surface area contributed by atoms with Crippen LogP contribution in [-0.4, -0.2) is 16.1 Å². The van der Waals surface area contributed by atoms with Crippen molar-refractivity contribution in [3.63, 3.8) is 0 Å². The van der Waals surface area contributed by atoms with Gasteiger partial charge in [-0.2, -0.15) is 0 Å². The Morgan fingerprint density at radius 1 is 1.33 bits per heavy atom. The first-order valence-corrected chi connectivity index (χ1v) is 5.46. The summed E-state index contributed by atoms with van der Waals surface area (Å²) >= 11 is 0. The van der Waals surface area contributed by atoms with Crippen LogP contribution in [0.4, 0.5) is 6.01 Å². The Kier molecular flexibility index (Phi) is 3.57. The van der Waals surface area contributed by atoms with Crippen molar-refractivity contribution in [3.05, 3.63) is 47.7 Å². The molecule has 6 nitrogen and oxygen atoms in total. The van der Waals surface area contributed by atoms with Crippen molar-refractivity contribution >= 4 is 11.9 Å². The standard InChI is InChI=1S/C12H13N4O2/c13-11(17)9-6-2-1-4-8(9)5-3-7-10-15-16-12(14)18-10/h1-2,4,6-7H,3,5H2,(H2,13,17)(H2,14,16). The fourth-order valence-electron chi connectivity index (χ4n) is 1.66. The van der Waals surface area contributed by atoms with Crippen LogP contribution in [0.2, 0.25) is 0 Å². The molecule has 1 aromatic carbocycles. The van der Waals surface area contributed by atoms with Gasteiger partial charge in [0.15, 0.2) is 0 Å². The number of nitrogen functional groups attached to an aromatic ring is 1. The van der Waals surface area contributed by atoms with Crippen LogP contribution in [0.1, 0.15) is 28.2 Å². The van der Waals surface area contributed by atoms with E-state index in [2.05, 4.69) is 10.2 Å². The molecular formula is C12H13N4O2. The quantitative estimate of drug-likeness (QED) is 0.814. The third-order valence-corrected chi connectivity index (χ3v) is 2.47. The molecule has 1 radical (unpaired) electrons. The summed E-state index contributed by atoms with van der Waals surface area (Å²) < 4.78 is 5.01. The molecule has 4 N–H and O–H groups in total. The smallest absolute Gasteiger partial charge is 0.312 e. The largest absolute Gasteiger partial charge is 0.408 e. The van der Waals surface area contributed by atoms with Crippen LogP contribution >= 0.6 is 0 Å². The van der Waals surface area contributed by atoms with Crippen LogP contribution in [0.5, 0.6) is 0 Å². The van der Waals surface area contributed by atoms with Crippen LogP contribution < -0.4 is 11.5 Å². The Morgan fingerprint density at radius 3 is 2.78 bits per heavy atom. The first-order chi connectivity index (χ1) is 8.66. The molecule has 1 heterocycles. The maximum atomic E-state index is 11.2. The van der Waals surface area contributed by atoms with E-state index < -0.39 is 5.91 Å². The number of hydrogen-bond donors (Lipinski definition) is 2. The normalized spacial score (nSPS) is 10.4. The van der Waals surface area contributed by atoms with Crippen molar-refractivity contribution in [2.24, 2.45) is 5.73 Å². The summed E-state index contributed by atoms with van der Waals surface area (Å²) in [5.41, 5.74) is 12.0. The van der Waals surface area contributed by atoms with Crippen molar-refractivity contribution in [3.8, 4) is 0 Å². The van der Waals surface area contributed by atoms with Gasteiger partial charge in [-0.25, -0.2) is 0 Å². The van der Waals surface area contributed by atoms with E-state index in [4.69, 9.17) is 15.9 Å². The van der Waals surface area contributed by atoms with Crippen LogP contribution in [0.25, 0.3) is 0 Å². The van der Waals surface area contributed by atoms with Gasteiger partial charge in [-0.1, -0.05) is 23.3 Å². The summed E-state index contributed by atoms with van der Waals surface area (Å²) in [7, 11) is 0. The fourth-order valence-corrected chi connectivity index (χ4v) is 1.66. The average molecular weight is 245 g/mol. The molecule has 0 aliphatic heterocycles. The minimum Gasteiger partial charge on any atom is -0.408 e. The van der Waals surface area contributed by atoms with Crippen LogP contribution in [0, 0.1) is 6.42 Å². The molecule has 0 bridgehead atoms. The molecule has 0 spiro atoms. The van der Waals surface area contributed by atoms with Gasteiger partial charge in [0.05, 0.1) is 0 Å². The lowest BCUT2D eigenvalue weighted by Gasteiger charge is -2.04. The number of benzene rings is 1. The third kappa shape index (κ3) is 2.85. The number of anilines is 1. The van der Waals surface area contributed by atoms with E-state index in [0.29, 0.717) is 24.3 Å². The lowest BCUT2D eigenvalue weighted by Crippen LogP contribution is -2.13. The highest BCUT2D eigenvalue weighted by Crippen LogP contribution is 2.13. The Balaban J connectivity index is 1.96. The Labute approximate surface area is 104 Å². The highest BCUT2D eigenvalue weighted by molar-refractivity contribution is 5.94. The lowest BCUT2D eigenvalue weighted by atomic mass is 10.0. The van der Waals surface area contributed by atoms with E-state index >= 15 is 0 Å². The van der Waals surface area contributed by atoms with Gasteiger partial charge < -0.3 is 15.9 Å². The second-order valence-electron chi connectivity index (χ2n) is 3.74.